The molecule has 2 aromatic carbocycles. The third-order valence-electron chi connectivity index (χ3n) is 2.53. The van der Waals surface area contributed by atoms with E-state index in [9.17, 15) is 9.59 Å². The fourth-order valence-electron chi connectivity index (χ4n) is 1.47. The summed E-state index contributed by atoms with van der Waals surface area (Å²) in [6.45, 7) is 0. The molecule has 0 spiro atoms. The van der Waals surface area contributed by atoms with Gasteiger partial charge in [0.1, 0.15) is 5.75 Å². The Kier molecular flexibility index (Phi) is 4.34. The molecule has 0 atom stereocenters. The van der Waals surface area contributed by atoms with Gasteiger partial charge in [0.05, 0.1) is 18.2 Å². The van der Waals surface area contributed by atoms with Gasteiger partial charge in [-0.25, -0.2) is 19.4 Å². The largest absolute Gasteiger partial charge is 0.497 e. The summed E-state index contributed by atoms with van der Waals surface area (Å²) in [6, 6.07) is 14.5. The SMILES string of the molecule is COc1ccc(C(=O)OOC(=O)c2ccccc2)cc1. The van der Waals surface area contributed by atoms with Crippen LogP contribution in [0.4, 0.5) is 0 Å². The molecule has 0 saturated heterocycles. The standard InChI is InChI=1S/C15H12O5/c1-18-13-9-7-12(8-10-13)15(17)20-19-14(16)11-5-3-2-4-6-11/h2-10H,1H3. The van der Waals surface area contributed by atoms with E-state index in [0.29, 0.717) is 11.3 Å². The Hall–Kier alpha value is -2.82. The minimum absolute atomic E-state index is 0.256. The van der Waals surface area contributed by atoms with E-state index in [1.54, 1.807) is 42.5 Å². The van der Waals surface area contributed by atoms with Crippen LogP contribution in [-0.4, -0.2) is 19.0 Å². The molecule has 2 aromatic rings. The molecule has 0 aliphatic rings. The smallest absolute Gasteiger partial charge is 0.386 e. The third-order valence-corrected chi connectivity index (χ3v) is 2.53. The molecule has 2 rings (SSSR count). The third kappa shape index (κ3) is 3.35. The van der Waals surface area contributed by atoms with E-state index in [1.807, 2.05) is 0 Å². The summed E-state index contributed by atoms with van der Waals surface area (Å²) in [5.74, 6) is -0.868. The second-order valence-electron chi connectivity index (χ2n) is 3.84. The van der Waals surface area contributed by atoms with Crippen molar-refractivity contribution in [2.75, 3.05) is 7.11 Å². The first-order chi connectivity index (χ1) is 9.70. The van der Waals surface area contributed by atoms with Crippen molar-refractivity contribution in [1.82, 2.24) is 0 Å². The predicted octanol–water partition coefficient (Wildman–Crippen LogP) is 2.62. The molecule has 0 heterocycles. The minimum Gasteiger partial charge on any atom is -0.497 e. The summed E-state index contributed by atoms with van der Waals surface area (Å²) in [6.07, 6.45) is 0. The lowest BCUT2D eigenvalue weighted by Gasteiger charge is -2.04. The van der Waals surface area contributed by atoms with Crippen molar-refractivity contribution in [3.8, 4) is 5.75 Å². The first kappa shape index (κ1) is 13.6. The molecule has 0 radical (unpaired) electrons. The van der Waals surface area contributed by atoms with Gasteiger partial charge in [0.25, 0.3) is 0 Å². The normalized spacial score (nSPS) is 9.65. The van der Waals surface area contributed by atoms with Crippen LogP contribution in [0.2, 0.25) is 0 Å². The van der Waals surface area contributed by atoms with Gasteiger partial charge in [-0.2, -0.15) is 0 Å². The van der Waals surface area contributed by atoms with Gasteiger partial charge >= 0.3 is 11.9 Å². The Bertz CT molecular complexity index is 589. The maximum Gasteiger partial charge on any atom is 0.386 e. The lowest BCUT2D eigenvalue weighted by Crippen LogP contribution is -2.11. The van der Waals surface area contributed by atoms with Gasteiger partial charge in [-0.15, -0.1) is 0 Å². The Morgan fingerprint density at radius 2 is 1.25 bits per heavy atom. The topological polar surface area (TPSA) is 61.8 Å². The average Bonchev–Trinajstić information content (AvgIpc) is 2.53. The Morgan fingerprint density at radius 3 is 1.75 bits per heavy atom. The number of benzene rings is 2. The van der Waals surface area contributed by atoms with Crippen molar-refractivity contribution in [2.24, 2.45) is 0 Å². The molecule has 0 aliphatic carbocycles. The van der Waals surface area contributed by atoms with Gasteiger partial charge in [0.15, 0.2) is 0 Å². The van der Waals surface area contributed by atoms with Crippen molar-refractivity contribution in [1.29, 1.82) is 0 Å². The highest BCUT2D eigenvalue weighted by Gasteiger charge is 2.13. The van der Waals surface area contributed by atoms with Crippen LogP contribution < -0.4 is 4.74 Å². The summed E-state index contributed by atoms with van der Waals surface area (Å²) in [5, 5.41) is 0. The first-order valence-electron chi connectivity index (χ1n) is 5.83. The minimum atomic E-state index is -0.753. The molecule has 0 fully saturated rings. The molecular weight excluding hydrogens is 260 g/mol. The summed E-state index contributed by atoms with van der Waals surface area (Å²) < 4.78 is 4.97. The van der Waals surface area contributed by atoms with Crippen LogP contribution in [0.25, 0.3) is 0 Å². The zero-order valence-corrected chi connectivity index (χ0v) is 10.7. The molecule has 0 unspecified atom stereocenters. The molecule has 102 valence electrons. The van der Waals surface area contributed by atoms with Gasteiger partial charge in [-0.3, -0.25) is 0 Å². The van der Waals surface area contributed by atoms with Crippen LogP contribution in [0, 0.1) is 0 Å². The molecule has 5 heteroatoms. The number of methoxy groups -OCH3 is 1. The van der Waals surface area contributed by atoms with E-state index in [-0.39, 0.29) is 5.56 Å². The predicted molar refractivity (Wildman–Crippen MR) is 70.3 cm³/mol. The highest BCUT2D eigenvalue weighted by molar-refractivity contribution is 5.92. The average molecular weight is 272 g/mol. The lowest BCUT2D eigenvalue weighted by atomic mass is 10.2. The van der Waals surface area contributed by atoms with E-state index >= 15 is 0 Å². The molecule has 0 saturated carbocycles. The summed E-state index contributed by atoms with van der Waals surface area (Å²) >= 11 is 0. The maximum atomic E-state index is 11.6. The number of hydrogen-bond donors (Lipinski definition) is 0. The zero-order valence-electron chi connectivity index (χ0n) is 10.7. The monoisotopic (exact) mass is 272 g/mol. The highest BCUT2D eigenvalue weighted by Crippen LogP contribution is 2.12. The number of carbonyl (C=O) groups excluding carboxylic acids is 2. The van der Waals surface area contributed by atoms with Crippen molar-refractivity contribution in [3.05, 3.63) is 65.7 Å². The number of carbonyl (C=O) groups is 2. The fourth-order valence-corrected chi connectivity index (χ4v) is 1.47. The maximum absolute atomic E-state index is 11.6. The summed E-state index contributed by atoms with van der Waals surface area (Å²) in [5.41, 5.74) is 0.557. The second-order valence-corrected chi connectivity index (χ2v) is 3.84. The Morgan fingerprint density at radius 1 is 0.750 bits per heavy atom. The molecule has 0 aromatic heterocycles. The number of hydrogen-bond acceptors (Lipinski definition) is 5. The number of rotatable bonds is 3. The second kappa shape index (κ2) is 6.38. The van der Waals surface area contributed by atoms with Crippen molar-refractivity contribution in [3.63, 3.8) is 0 Å². The van der Waals surface area contributed by atoms with Gasteiger partial charge in [-0.05, 0) is 36.4 Å². The van der Waals surface area contributed by atoms with E-state index in [1.165, 1.54) is 19.2 Å². The fraction of sp³-hybridized carbons (Fsp3) is 0.0667. The van der Waals surface area contributed by atoms with E-state index in [0.717, 1.165) is 0 Å². The van der Waals surface area contributed by atoms with Crippen LogP contribution in [0.3, 0.4) is 0 Å². The quantitative estimate of drug-likeness (QED) is 0.635. The molecule has 0 aliphatic heterocycles. The Labute approximate surface area is 115 Å². The number of ether oxygens (including phenoxy) is 1. The highest BCUT2D eigenvalue weighted by atomic mass is 17.2. The molecule has 0 N–H and O–H groups in total. The summed E-state index contributed by atoms with van der Waals surface area (Å²) in [4.78, 5) is 32.2. The van der Waals surface area contributed by atoms with Crippen LogP contribution in [0.15, 0.2) is 54.6 Å². The van der Waals surface area contributed by atoms with E-state index in [4.69, 9.17) is 4.74 Å². The molecule has 5 nitrogen and oxygen atoms in total. The Balaban J connectivity index is 1.93. The molecule has 20 heavy (non-hydrogen) atoms. The lowest BCUT2D eigenvalue weighted by molar-refractivity contribution is -0.187. The van der Waals surface area contributed by atoms with E-state index in [2.05, 4.69) is 9.78 Å². The van der Waals surface area contributed by atoms with Crippen molar-refractivity contribution < 1.29 is 24.1 Å². The van der Waals surface area contributed by atoms with Crippen LogP contribution in [0.1, 0.15) is 20.7 Å². The summed E-state index contributed by atoms with van der Waals surface area (Å²) in [7, 11) is 1.52. The van der Waals surface area contributed by atoms with Crippen LogP contribution in [0.5, 0.6) is 5.75 Å². The van der Waals surface area contributed by atoms with Gasteiger partial charge in [0.2, 0.25) is 0 Å². The first-order valence-corrected chi connectivity index (χ1v) is 5.83. The van der Waals surface area contributed by atoms with Crippen LogP contribution in [-0.2, 0) is 9.78 Å². The van der Waals surface area contributed by atoms with Crippen LogP contribution >= 0.6 is 0 Å². The van der Waals surface area contributed by atoms with Gasteiger partial charge < -0.3 is 4.74 Å². The van der Waals surface area contributed by atoms with Gasteiger partial charge in [-0.1, -0.05) is 18.2 Å². The van der Waals surface area contributed by atoms with Gasteiger partial charge in [0, 0.05) is 0 Å². The zero-order chi connectivity index (χ0) is 14.4. The van der Waals surface area contributed by atoms with Crippen molar-refractivity contribution >= 4 is 11.9 Å². The van der Waals surface area contributed by atoms with Crippen molar-refractivity contribution in [2.45, 2.75) is 0 Å². The molecule has 0 amide bonds. The molecular formula is C15H12O5. The van der Waals surface area contributed by atoms with E-state index < -0.39 is 11.9 Å². The molecule has 0 bridgehead atoms.